The number of carbonyl (C=O) groups is 1. The van der Waals surface area contributed by atoms with Gasteiger partial charge in [0.15, 0.2) is 0 Å². The second-order valence-corrected chi connectivity index (χ2v) is 5.83. The third kappa shape index (κ3) is 3.67. The van der Waals surface area contributed by atoms with E-state index >= 15 is 0 Å². The van der Waals surface area contributed by atoms with Gasteiger partial charge in [0, 0.05) is 18.6 Å². The van der Waals surface area contributed by atoms with Crippen molar-refractivity contribution in [2.24, 2.45) is 11.7 Å². The fourth-order valence-electron chi connectivity index (χ4n) is 2.94. The molecular formula is C13H27N3O2. The van der Waals surface area contributed by atoms with Gasteiger partial charge in [-0.3, -0.25) is 4.79 Å². The van der Waals surface area contributed by atoms with Crippen molar-refractivity contribution < 1.29 is 9.90 Å². The van der Waals surface area contributed by atoms with Gasteiger partial charge in [0.25, 0.3) is 0 Å². The van der Waals surface area contributed by atoms with Crippen molar-refractivity contribution in [3.8, 4) is 0 Å². The molecule has 0 heterocycles. The van der Waals surface area contributed by atoms with Gasteiger partial charge in [0.05, 0.1) is 0 Å². The minimum Gasteiger partial charge on any atom is -0.480 e. The maximum Gasteiger partial charge on any atom is 0.322 e. The third-order valence-electron chi connectivity index (χ3n) is 4.23. The van der Waals surface area contributed by atoms with Gasteiger partial charge in [-0.05, 0) is 32.9 Å². The van der Waals surface area contributed by atoms with Crippen LogP contribution in [0.15, 0.2) is 0 Å². The number of carboxylic acid groups (broad SMARTS) is 1. The molecule has 5 heteroatoms. The van der Waals surface area contributed by atoms with Gasteiger partial charge in [-0.1, -0.05) is 19.8 Å². The van der Waals surface area contributed by atoms with Gasteiger partial charge in [0.2, 0.25) is 0 Å². The largest absolute Gasteiger partial charge is 0.480 e. The summed E-state index contributed by atoms with van der Waals surface area (Å²) >= 11 is 0. The van der Waals surface area contributed by atoms with Crippen molar-refractivity contribution in [1.82, 2.24) is 10.2 Å². The Morgan fingerprint density at radius 3 is 2.72 bits per heavy atom. The molecule has 0 spiro atoms. The Labute approximate surface area is 110 Å². The molecule has 5 nitrogen and oxygen atoms in total. The van der Waals surface area contributed by atoms with Crippen LogP contribution in [-0.4, -0.2) is 54.7 Å². The highest BCUT2D eigenvalue weighted by Crippen LogP contribution is 2.35. The van der Waals surface area contributed by atoms with Gasteiger partial charge in [-0.15, -0.1) is 0 Å². The molecule has 106 valence electrons. The maximum absolute atomic E-state index is 11.0. The Bertz CT molecular complexity index is 283. The molecule has 0 aliphatic heterocycles. The molecular weight excluding hydrogens is 230 g/mol. The van der Waals surface area contributed by atoms with E-state index < -0.39 is 12.0 Å². The summed E-state index contributed by atoms with van der Waals surface area (Å²) in [6.45, 7) is 3.10. The van der Waals surface area contributed by atoms with E-state index in [0.717, 1.165) is 12.8 Å². The highest BCUT2D eigenvalue weighted by Gasteiger charge is 2.37. The summed E-state index contributed by atoms with van der Waals surface area (Å²) in [6.07, 6.45) is 4.72. The average Bonchev–Trinajstić information content (AvgIpc) is 2.29. The van der Waals surface area contributed by atoms with Crippen LogP contribution < -0.4 is 11.1 Å². The molecule has 0 radical (unpaired) electrons. The van der Waals surface area contributed by atoms with E-state index in [0.29, 0.717) is 12.5 Å². The monoisotopic (exact) mass is 257 g/mol. The Morgan fingerprint density at radius 1 is 1.61 bits per heavy atom. The molecule has 1 rings (SSSR count). The summed E-state index contributed by atoms with van der Waals surface area (Å²) < 4.78 is 0. The van der Waals surface area contributed by atoms with Gasteiger partial charge < -0.3 is 21.1 Å². The van der Waals surface area contributed by atoms with Crippen LogP contribution in [0.25, 0.3) is 0 Å². The standard InChI is InChI=1S/C13H27N3O2/c1-10-5-4-6-13(7-10,16(2)3)9-15-11(8-14)12(17)18/h10-11,15H,4-9,14H2,1-3H3,(H,17,18). The number of nitrogens with zero attached hydrogens (tertiary/aromatic N) is 1. The Kier molecular flexibility index (Phi) is 5.56. The lowest BCUT2D eigenvalue weighted by Gasteiger charge is -2.45. The second-order valence-electron chi connectivity index (χ2n) is 5.83. The van der Waals surface area contributed by atoms with E-state index in [1.165, 1.54) is 12.8 Å². The quantitative estimate of drug-likeness (QED) is 0.646. The second kappa shape index (κ2) is 6.50. The lowest BCUT2D eigenvalue weighted by Crippen LogP contribution is -2.57. The predicted molar refractivity (Wildman–Crippen MR) is 72.5 cm³/mol. The zero-order chi connectivity index (χ0) is 13.8. The van der Waals surface area contributed by atoms with Crippen LogP contribution in [0, 0.1) is 5.92 Å². The summed E-state index contributed by atoms with van der Waals surface area (Å²) in [5.41, 5.74) is 5.55. The van der Waals surface area contributed by atoms with Gasteiger partial charge in [-0.2, -0.15) is 0 Å². The van der Waals surface area contributed by atoms with Crippen molar-refractivity contribution in [3.05, 3.63) is 0 Å². The highest BCUT2D eigenvalue weighted by molar-refractivity contribution is 5.73. The average molecular weight is 257 g/mol. The van der Waals surface area contributed by atoms with Gasteiger partial charge >= 0.3 is 5.97 Å². The number of hydrogen-bond acceptors (Lipinski definition) is 4. The zero-order valence-electron chi connectivity index (χ0n) is 11.8. The minimum absolute atomic E-state index is 0.0700. The van der Waals surface area contributed by atoms with Gasteiger partial charge in [-0.25, -0.2) is 0 Å². The first-order valence-corrected chi connectivity index (χ1v) is 6.75. The topological polar surface area (TPSA) is 78.6 Å². The molecule has 1 saturated carbocycles. The van der Waals surface area contributed by atoms with E-state index in [2.05, 4.69) is 31.2 Å². The van der Waals surface area contributed by atoms with Crippen LogP contribution in [0.4, 0.5) is 0 Å². The molecule has 0 saturated heterocycles. The number of aliphatic carboxylic acids is 1. The number of rotatable bonds is 6. The van der Waals surface area contributed by atoms with E-state index in [9.17, 15) is 4.79 Å². The molecule has 0 amide bonds. The number of carboxylic acids is 1. The molecule has 3 atom stereocenters. The fourth-order valence-corrected chi connectivity index (χ4v) is 2.94. The van der Waals surface area contributed by atoms with Gasteiger partial charge in [0.1, 0.15) is 6.04 Å². The molecule has 0 aromatic carbocycles. The summed E-state index contributed by atoms with van der Waals surface area (Å²) in [7, 11) is 4.16. The normalized spacial score (nSPS) is 30.4. The predicted octanol–water partition coefficient (Wildman–Crippen LogP) is 0.498. The molecule has 0 aromatic heterocycles. The number of nitrogens with two attached hydrogens (primary N) is 1. The minimum atomic E-state index is -0.865. The van der Waals surface area contributed by atoms with E-state index in [-0.39, 0.29) is 12.1 Å². The first kappa shape index (κ1) is 15.4. The van der Waals surface area contributed by atoms with Crippen LogP contribution in [0.3, 0.4) is 0 Å². The Balaban J connectivity index is 2.65. The number of hydrogen-bond donors (Lipinski definition) is 3. The molecule has 4 N–H and O–H groups in total. The van der Waals surface area contributed by atoms with Crippen molar-refractivity contribution in [1.29, 1.82) is 0 Å². The van der Waals surface area contributed by atoms with Crippen LogP contribution in [0.1, 0.15) is 32.6 Å². The maximum atomic E-state index is 11.0. The summed E-state index contributed by atoms with van der Waals surface area (Å²) in [5, 5.41) is 12.1. The molecule has 3 unspecified atom stereocenters. The van der Waals surface area contributed by atoms with Crippen molar-refractivity contribution in [2.45, 2.75) is 44.2 Å². The van der Waals surface area contributed by atoms with Crippen molar-refractivity contribution >= 4 is 5.97 Å². The lowest BCUT2D eigenvalue weighted by molar-refractivity contribution is -0.139. The number of likely N-dealkylation sites (N-methyl/N-ethyl adjacent to an activating group) is 1. The van der Waals surface area contributed by atoms with Crippen LogP contribution in [0.2, 0.25) is 0 Å². The summed E-state index contributed by atoms with van der Waals surface area (Å²) in [4.78, 5) is 13.2. The van der Waals surface area contributed by atoms with E-state index in [1.807, 2.05) is 0 Å². The number of nitrogens with one attached hydrogen (secondary N) is 1. The molecule has 0 bridgehead atoms. The first-order chi connectivity index (χ1) is 8.41. The fraction of sp³-hybridized carbons (Fsp3) is 0.923. The summed E-state index contributed by atoms with van der Waals surface area (Å²) in [6, 6.07) is -0.640. The first-order valence-electron chi connectivity index (χ1n) is 6.75. The molecule has 1 fully saturated rings. The molecule has 1 aliphatic carbocycles. The smallest absolute Gasteiger partial charge is 0.322 e. The van der Waals surface area contributed by atoms with Crippen molar-refractivity contribution in [3.63, 3.8) is 0 Å². The van der Waals surface area contributed by atoms with Crippen LogP contribution >= 0.6 is 0 Å². The van der Waals surface area contributed by atoms with Crippen LogP contribution in [-0.2, 0) is 4.79 Å². The third-order valence-corrected chi connectivity index (χ3v) is 4.23. The summed E-state index contributed by atoms with van der Waals surface area (Å²) in [5.74, 6) is -0.167. The van der Waals surface area contributed by atoms with Crippen LogP contribution in [0.5, 0.6) is 0 Å². The zero-order valence-corrected chi connectivity index (χ0v) is 11.8. The lowest BCUT2D eigenvalue weighted by atomic mass is 9.75. The van der Waals surface area contributed by atoms with Crippen molar-refractivity contribution in [2.75, 3.05) is 27.2 Å². The molecule has 18 heavy (non-hydrogen) atoms. The molecule has 1 aliphatic rings. The van der Waals surface area contributed by atoms with E-state index in [1.54, 1.807) is 0 Å². The Morgan fingerprint density at radius 2 is 2.28 bits per heavy atom. The Hall–Kier alpha value is -0.650. The highest BCUT2D eigenvalue weighted by atomic mass is 16.4. The SMILES string of the molecule is CC1CCCC(CNC(CN)C(=O)O)(N(C)C)C1. The van der Waals surface area contributed by atoms with E-state index in [4.69, 9.17) is 10.8 Å². The molecule has 0 aromatic rings.